The summed E-state index contributed by atoms with van der Waals surface area (Å²) < 4.78 is 6.33. The molecule has 3 aliphatic rings. The fraction of sp³-hybridized carbons (Fsp3) is 0.486. The number of aryl methyl sites for hydroxylation is 1. The van der Waals surface area contributed by atoms with Crippen molar-refractivity contribution in [2.24, 2.45) is 0 Å². The Kier molecular flexibility index (Phi) is 8.55. The van der Waals surface area contributed by atoms with E-state index in [0.717, 1.165) is 80.4 Å². The number of aromatic nitrogens is 4. The summed E-state index contributed by atoms with van der Waals surface area (Å²) in [5.41, 5.74) is 17.0. The van der Waals surface area contributed by atoms with Crippen LogP contribution in [0.3, 0.4) is 0 Å². The van der Waals surface area contributed by atoms with Crippen LogP contribution in [-0.4, -0.2) is 51.5 Å². The van der Waals surface area contributed by atoms with Gasteiger partial charge < -0.3 is 36.9 Å². The average molecular weight is 666 g/mol. The average Bonchev–Trinajstić information content (AvgIpc) is 3.85. The molecule has 0 amide bonds. The summed E-state index contributed by atoms with van der Waals surface area (Å²) in [4.78, 5) is 17.9. The van der Waals surface area contributed by atoms with Crippen molar-refractivity contribution in [3.05, 3.63) is 56.8 Å². The molecule has 0 aromatic carbocycles. The number of nitrogens with zero attached hydrogens (tertiary/aromatic N) is 6. The molecule has 1 aliphatic heterocycles. The SMILES string of the molecule is CCN(c1nc(-c2noc3c2CCCC32CCCc3sc(N)c(C#N)c32)nc(NC(C)C2CCCN2)c1C=N)C(C)c1cccnc1N. The first-order valence-corrected chi connectivity index (χ1v) is 17.8. The van der Waals surface area contributed by atoms with Crippen molar-refractivity contribution in [2.75, 3.05) is 34.8 Å². The first-order chi connectivity index (χ1) is 23.3. The van der Waals surface area contributed by atoms with Gasteiger partial charge in [0.15, 0.2) is 17.3 Å². The second kappa shape index (κ2) is 12.8. The van der Waals surface area contributed by atoms with E-state index in [4.69, 9.17) is 36.5 Å². The topological polar surface area (TPSA) is 192 Å². The first kappa shape index (κ1) is 32.0. The van der Waals surface area contributed by atoms with Gasteiger partial charge in [-0.2, -0.15) is 5.26 Å². The fourth-order valence-corrected chi connectivity index (χ4v) is 9.42. The Balaban J connectivity index is 1.39. The van der Waals surface area contributed by atoms with E-state index >= 15 is 0 Å². The van der Waals surface area contributed by atoms with Gasteiger partial charge in [-0.05, 0) is 90.3 Å². The van der Waals surface area contributed by atoms with Crippen molar-refractivity contribution in [1.82, 2.24) is 25.4 Å². The van der Waals surface area contributed by atoms with Gasteiger partial charge in [-0.1, -0.05) is 11.2 Å². The molecule has 250 valence electrons. The van der Waals surface area contributed by atoms with Crippen LogP contribution in [0, 0.1) is 16.7 Å². The summed E-state index contributed by atoms with van der Waals surface area (Å²) >= 11 is 1.53. The zero-order chi connectivity index (χ0) is 33.6. The number of nitrogens with one attached hydrogen (secondary N) is 3. The van der Waals surface area contributed by atoms with Crippen LogP contribution in [0.2, 0.25) is 0 Å². The second-order valence-corrected chi connectivity index (χ2v) is 14.4. The molecular formula is C35H43N11OS. The number of thiophene rings is 1. The van der Waals surface area contributed by atoms with Gasteiger partial charge in [0.05, 0.1) is 22.6 Å². The molecule has 0 saturated carbocycles. The van der Waals surface area contributed by atoms with Crippen LogP contribution >= 0.6 is 11.3 Å². The van der Waals surface area contributed by atoms with Gasteiger partial charge in [-0.25, -0.2) is 15.0 Å². The van der Waals surface area contributed by atoms with Crippen LogP contribution in [0.4, 0.5) is 22.5 Å². The molecule has 0 radical (unpaired) electrons. The molecule has 0 bridgehead atoms. The van der Waals surface area contributed by atoms with Crippen molar-refractivity contribution in [1.29, 1.82) is 10.7 Å². The van der Waals surface area contributed by atoms with Crippen LogP contribution in [0.25, 0.3) is 11.5 Å². The minimum Gasteiger partial charge on any atom is -0.389 e. The molecule has 2 aliphatic carbocycles. The standard InChI is InChI=1S/C35H43N11OS/c1-4-46(20(3)21-10-7-16-41-30(21)38)34-24(18-37)32(42-19(2)25-11-8-15-40-25)43-33(44-34)28-22-9-5-13-35(29(22)47-45-28)14-6-12-26-27(35)23(17-36)31(39)48-26/h7,10,16,18-20,25,37,40H,4-6,8-9,11-15,39H2,1-3H3,(H2,38,41)(H,42,43,44). The number of fused-ring (bicyclic) bond motifs is 4. The number of anilines is 4. The number of pyridine rings is 1. The predicted molar refractivity (Wildman–Crippen MR) is 190 cm³/mol. The lowest BCUT2D eigenvalue weighted by molar-refractivity contribution is 0.265. The number of hydrogen-bond acceptors (Lipinski definition) is 13. The predicted octanol–water partition coefficient (Wildman–Crippen LogP) is 5.72. The van der Waals surface area contributed by atoms with Crippen LogP contribution < -0.4 is 27.0 Å². The summed E-state index contributed by atoms with van der Waals surface area (Å²) in [6.07, 6.45) is 10.5. The molecule has 4 aromatic heterocycles. The molecule has 13 heteroatoms. The number of nitrogens with two attached hydrogens (primary N) is 2. The third kappa shape index (κ3) is 5.18. The lowest BCUT2D eigenvalue weighted by Crippen LogP contribution is -2.38. The lowest BCUT2D eigenvalue weighted by atomic mass is 9.63. The van der Waals surface area contributed by atoms with E-state index in [1.54, 1.807) is 6.20 Å². The Morgan fingerprint density at radius 2 is 2.06 bits per heavy atom. The van der Waals surface area contributed by atoms with E-state index in [9.17, 15) is 5.26 Å². The molecule has 7 rings (SSSR count). The molecule has 1 saturated heterocycles. The first-order valence-electron chi connectivity index (χ1n) is 17.0. The highest BCUT2D eigenvalue weighted by Gasteiger charge is 2.49. The van der Waals surface area contributed by atoms with Crippen LogP contribution in [0.15, 0.2) is 22.9 Å². The minimum absolute atomic E-state index is 0.0619. The number of rotatable bonds is 9. The lowest BCUT2D eigenvalue weighted by Gasteiger charge is -2.39. The third-order valence-electron chi connectivity index (χ3n) is 10.6. The maximum absolute atomic E-state index is 10.2. The summed E-state index contributed by atoms with van der Waals surface area (Å²) in [6, 6.07) is 6.43. The summed E-state index contributed by atoms with van der Waals surface area (Å²) in [7, 11) is 0. The van der Waals surface area contributed by atoms with Crippen LogP contribution in [0.1, 0.15) is 104 Å². The van der Waals surface area contributed by atoms with E-state index in [-0.39, 0.29) is 18.1 Å². The van der Waals surface area contributed by atoms with Gasteiger partial charge in [-0.15, -0.1) is 11.3 Å². The summed E-state index contributed by atoms with van der Waals surface area (Å²) in [5, 5.41) is 31.2. The van der Waals surface area contributed by atoms with Crippen molar-refractivity contribution < 1.29 is 4.52 Å². The zero-order valence-corrected chi connectivity index (χ0v) is 28.6. The molecular weight excluding hydrogens is 623 g/mol. The number of hydrogen-bond donors (Lipinski definition) is 5. The van der Waals surface area contributed by atoms with E-state index in [2.05, 4.69) is 47.4 Å². The molecule has 48 heavy (non-hydrogen) atoms. The van der Waals surface area contributed by atoms with Gasteiger partial charge in [0.2, 0.25) is 0 Å². The largest absolute Gasteiger partial charge is 0.389 e. The third-order valence-corrected chi connectivity index (χ3v) is 11.7. The zero-order valence-electron chi connectivity index (χ0n) is 27.8. The monoisotopic (exact) mass is 665 g/mol. The van der Waals surface area contributed by atoms with E-state index in [0.29, 0.717) is 51.6 Å². The Labute approximate surface area is 284 Å². The van der Waals surface area contributed by atoms with Crippen LogP contribution in [-0.2, 0) is 18.3 Å². The van der Waals surface area contributed by atoms with Crippen molar-refractivity contribution in [3.63, 3.8) is 0 Å². The van der Waals surface area contributed by atoms with E-state index in [1.165, 1.54) is 22.4 Å². The highest BCUT2D eigenvalue weighted by molar-refractivity contribution is 7.16. The Hall–Kier alpha value is -4.54. The quantitative estimate of drug-likeness (QED) is 0.137. The van der Waals surface area contributed by atoms with E-state index < -0.39 is 5.41 Å². The normalized spacial score (nSPS) is 21.2. The Bertz CT molecular complexity index is 1880. The van der Waals surface area contributed by atoms with Crippen molar-refractivity contribution in [3.8, 4) is 17.6 Å². The van der Waals surface area contributed by atoms with E-state index in [1.807, 2.05) is 12.1 Å². The maximum atomic E-state index is 10.2. The highest BCUT2D eigenvalue weighted by Crippen LogP contribution is 2.55. The molecule has 4 unspecified atom stereocenters. The number of nitrogen functional groups attached to an aromatic ring is 2. The van der Waals surface area contributed by atoms with Gasteiger partial charge in [0, 0.05) is 47.0 Å². The molecule has 7 N–H and O–H groups in total. The molecule has 12 nitrogen and oxygen atoms in total. The highest BCUT2D eigenvalue weighted by atomic mass is 32.1. The van der Waals surface area contributed by atoms with Crippen molar-refractivity contribution in [2.45, 2.75) is 95.7 Å². The summed E-state index contributed by atoms with van der Waals surface area (Å²) in [6.45, 7) is 7.88. The van der Waals surface area contributed by atoms with Gasteiger partial charge in [0.25, 0.3) is 0 Å². The molecule has 4 aromatic rings. The smallest absolute Gasteiger partial charge is 0.186 e. The molecule has 5 heterocycles. The Morgan fingerprint density at radius 1 is 1.25 bits per heavy atom. The molecule has 1 fully saturated rings. The second-order valence-electron chi connectivity index (χ2n) is 13.2. The van der Waals surface area contributed by atoms with Gasteiger partial charge in [-0.3, -0.25) is 0 Å². The van der Waals surface area contributed by atoms with Gasteiger partial charge >= 0.3 is 0 Å². The maximum Gasteiger partial charge on any atom is 0.186 e. The number of nitriles is 1. The molecule has 1 spiro atoms. The minimum atomic E-state index is -0.450. The van der Waals surface area contributed by atoms with Crippen molar-refractivity contribution >= 4 is 40.0 Å². The molecule has 4 atom stereocenters. The Morgan fingerprint density at radius 3 is 2.77 bits per heavy atom. The van der Waals surface area contributed by atoms with Crippen LogP contribution in [0.5, 0.6) is 0 Å². The summed E-state index contributed by atoms with van der Waals surface area (Å²) in [5.74, 6) is 2.90. The fourth-order valence-electron chi connectivity index (χ4n) is 8.25. The van der Waals surface area contributed by atoms with Gasteiger partial charge in [0.1, 0.15) is 28.5 Å².